The molecule has 0 radical (unpaired) electrons. The highest BCUT2D eigenvalue weighted by Crippen LogP contribution is 2.45. The van der Waals surface area contributed by atoms with Gasteiger partial charge in [0.05, 0.1) is 0 Å². The molecule has 6 rings (SSSR count). The van der Waals surface area contributed by atoms with Crippen molar-refractivity contribution in [1.82, 2.24) is 0 Å². The van der Waals surface area contributed by atoms with E-state index in [-0.39, 0.29) is 6.10 Å². The largest absolute Gasteiger partial charge is 0.908 e. The molecule has 0 aliphatic rings. The van der Waals surface area contributed by atoms with Crippen LogP contribution in [0.3, 0.4) is 0 Å². The summed E-state index contributed by atoms with van der Waals surface area (Å²) in [7, 11) is 0. The molecule has 6 aromatic rings. The Hall–Kier alpha value is -4.27. The van der Waals surface area contributed by atoms with E-state index in [0.717, 1.165) is 33.4 Å². The number of rotatable bonds is 12. The number of hydrogen-bond donors (Lipinski definition) is 0. The van der Waals surface area contributed by atoms with Gasteiger partial charge in [-0.15, -0.1) is 0 Å². The van der Waals surface area contributed by atoms with Crippen molar-refractivity contribution in [2.75, 3.05) is 0 Å². The first-order valence-corrected chi connectivity index (χ1v) is 16.9. The van der Waals surface area contributed by atoms with Crippen LogP contribution in [0.2, 0.25) is 0 Å². The fourth-order valence-corrected chi connectivity index (χ4v) is 8.03. The van der Waals surface area contributed by atoms with Crippen molar-refractivity contribution in [3.05, 3.63) is 215 Å². The third-order valence-corrected chi connectivity index (χ3v) is 9.87. The third kappa shape index (κ3) is 6.44. The van der Waals surface area contributed by atoms with Crippen LogP contribution in [0.25, 0.3) is 0 Å². The van der Waals surface area contributed by atoms with E-state index in [1.807, 2.05) is 50.2 Å². The third-order valence-electron chi connectivity index (χ3n) is 8.01. The predicted octanol–water partition coefficient (Wildman–Crippen LogP) is 9.41. The Kier molecular flexibility index (Phi) is 9.72. The minimum atomic E-state index is -3.06. The van der Waals surface area contributed by atoms with Crippen LogP contribution in [0.4, 0.5) is 0 Å². The molecule has 0 heterocycles. The lowest BCUT2D eigenvalue weighted by molar-refractivity contribution is -0.0171. The highest BCUT2D eigenvalue weighted by atomic mass is 27.3. The Morgan fingerprint density at radius 3 is 0.733 bits per heavy atom. The van der Waals surface area contributed by atoms with Gasteiger partial charge in [0.25, 0.3) is 0 Å². The molecule has 0 N–H and O–H groups in total. The number of benzene rings is 6. The van der Waals surface area contributed by atoms with Gasteiger partial charge in [-0.2, -0.15) is 0 Å². The van der Waals surface area contributed by atoms with Crippen molar-refractivity contribution in [3.63, 3.8) is 0 Å². The lowest BCUT2D eigenvalue weighted by Crippen LogP contribution is -2.48. The van der Waals surface area contributed by atoms with Crippen LogP contribution in [0, 0.1) is 0 Å². The minimum Gasteiger partial charge on any atom is -0.452 e. The predicted molar refractivity (Wildman–Crippen MR) is 183 cm³/mol. The van der Waals surface area contributed by atoms with Gasteiger partial charge in [0, 0.05) is 6.10 Å². The molecule has 0 saturated carbocycles. The maximum Gasteiger partial charge on any atom is 0.908 e. The van der Waals surface area contributed by atoms with E-state index in [0.29, 0.717) is 0 Å². The van der Waals surface area contributed by atoms with Crippen LogP contribution >= 0.6 is 0 Å². The molecule has 0 unspecified atom stereocenters. The first-order valence-electron chi connectivity index (χ1n) is 15.5. The van der Waals surface area contributed by atoms with Crippen LogP contribution in [0.5, 0.6) is 0 Å². The molecule has 0 aliphatic carbocycles. The Bertz CT molecular complexity index is 1410. The zero-order valence-corrected chi connectivity index (χ0v) is 26.9. The van der Waals surface area contributed by atoms with Gasteiger partial charge in [0.2, 0.25) is 0 Å². The summed E-state index contributed by atoms with van der Waals surface area (Å²) in [5.41, 5.74) is 4.01. The molecule has 0 aromatic heterocycles. The molecule has 0 bridgehead atoms. The monoisotopic (exact) mass is 604 g/mol. The highest BCUT2D eigenvalue weighted by molar-refractivity contribution is 6.37. The van der Waals surface area contributed by atoms with Gasteiger partial charge in [-0.3, -0.25) is 0 Å². The molecule has 0 aliphatic heterocycles. The van der Waals surface area contributed by atoms with Crippen LogP contribution in [-0.4, -0.2) is 21.3 Å². The van der Waals surface area contributed by atoms with E-state index in [2.05, 4.69) is 146 Å². The van der Waals surface area contributed by atoms with E-state index in [1.165, 1.54) is 0 Å². The molecule has 0 amide bonds. The SMILES string of the molecule is CC(C)[O][Al]([O]C(c1ccccc1)(c1ccccc1)c1ccccc1)[O]C(c1ccccc1)(c1ccccc1)c1ccccc1. The maximum atomic E-state index is 7.52. The van der Waals surface area contributed by atoms with Gasteiger partial charge < -0.3 is 11.4 Å². The topological polar surface area (TPSA) is 27.7 Å². The summed E-state index contributed by atoms with van der Waals surface area (Å²) in [5, 5.41) is 0. The summed E-state index contributed by atoms with van der Waals surface area (Å²) in [6.45, 7) is 4.08. The van der Waals surface area contributed by atoms with E-state index in [4.69, 9.17) is 11.4 Å². The van der Waals surface area contributed by atoms with E-state index >= 15 is 0 Å². The molecule has 0 atom stereocenters. The second-order valence-corrected chi connectivity index (χ2v) is 12.6. The normalized spacial score (nSPS) is 11.8. The molecule has 45 heavy (non-hydrogen) atoms. The maximum absolute atomic E-state index is 7.52. The van der Waals surface area contributed by atoms with Crippen LogP contribution in [0.1, 0.15) is 47.2 Å². The number of hydrogen-bond acceptors (Lipinski definition) is 3. The second-order valence-electron chi connectivity index (χ2n) is 11.3. The summed E-state index contributed by atoms with van der Waals surface area (Å²) in [6, 6.07) is 62.4. The van der Waals surface area contributed by atoms with Crippen LogP contribution in [0.15, 0.2) is 182 Å². The van der Waals surface area contributed by atoms with E-state index in [1.54, 1.807) is 0 Å². The average molecular weight is 605 g/mol. The zero-order valence-electron chi connectivity index (χ0n) is 25.7. The average Bonchev–Trinajstić information content (AvgIpc) is 3.11. The van der Waals surface area contributed by atoms with Crippen molar-refractivity contribution in [2.45, 2.75) is 31.2 Å². The Balaban J connectivity index is 1.60. The summed E-state index contributed by atoms with van der Waals surface area (Å²) in [6.07, 6.45) is -0.137. The molecule has 4 heteroatoms. The molecule has 6 aromatic carbocycles. The fraction of sp³-hybridized carbons (Fsp3) is 0.122. The lowest BCUT2D eigenvalue weighted by atomic mass is 9.80. The molecule has 0 spiro atoms. The standard InChI is InChI=1S/2C19H15O.C3H7O.Al/c2*20-19(16-10-4-1-5-11-16,17-12-6-2-7-13-17)18-14-8-3-9-15-18;1-3(2)4;/h2*1-15H;3H,1-2H3;/q3*-1;+3. The zero-order chi connectivity index (χ0) is 31.0. The molecule has 0 saturated heterocycles. The van der Waals surface area contributed by atoms with Crippen molar-refractivity contribution < 1.29 is 11.4 Å². The van der Waals surface area contributed by atoms with Gasteiger partial charge in [-0.05, 0) is 47.2 Å². The van der Waals surface area contributed by atoms with Gasteiger partial charge in [0.15, 0.2) is 0 Å². The molecule has 0 fully saturated rings. The minimum absolute atomic E-state index is 0.137. The second kappa shape index (κ2) is 14.2. The van der Waals surface area contributed by atoms with E-state index < -0.39 is 26.4 Å². The van der Waals surface area contributed by atoms with Crippen LogP contribution in [-0.2, 0) is 22.6 Å². The van der Waals surface area contributed by atoms with Gasteiger partial charge in [0.1, 0.15) is 11.2 Å². The highest BCUT2D eigenvalue weighted by Gasteiger charge is 2.52. The quantitative estimate of drug-likeness (QED) is 0.103. The lowest BCUT2D eigenvalue weighted by Gasteiger charge is -2.42. The van der Waals surface area contributed by atoms with E-state index in [9.17, 15) is 0 Å². The molecule has 3 nitrogen and oxygen atoms in total. The van der Waals surface area contributed by atoms with Gasteiger partial charge in [-0.25, -0.2) is 0 Å². The van der Waals surface area contributed by atoms with Gasteiger partial charge >= 0.3 is 15.1 Å². The smallest absolute Gasteiger partial charge is 0.452 e. The molecule has 222 valence electrons. The Morgan fingerprint density at radius 2 is 0.556 bits per heavy atom. The van der Waals surface area contributed by atoms with Crippen molar-refractivity contribution in [1.29, 1.82) is 0 Å². The summed E-state index contributed by atoms with van der Waals surface area (Å²) < 4.78 is 21.8. The fourth-order valence-electron chi connectivity index (χ4n) is 6.04. The van der Waals surface area contributed by atoms with Crippen molar-refractivity contribution in [2.24, 2.45) is 0 Å². The molecular weight excluding hydrogens is 567 g/mol. The van der Waals surface area contributed by atoms with Gasteiger partial charge in [-0.1, -0.05) is 182 Å². The first kappa shape index (κ1) is 30.7. The first-order chi connectivity index (χ1) is 22.1. The Labute approximate surface area is 272 Å². The van der Waals surface area contributed by atoms with Crippen molar-refractivity contribution >= 4 is 15.1 Å². The summed E-state index contributed by atoms with van der Waals surface area (Å²) in [5.74, 6) is 0. The summed E-state index contributed by atoms with van der Waals surface area (Å²) >= 11 is -3.06. The Morgan fingerprint density at radius 1 is 0.356 bits per heavy atom. The van der Waals surface area contributed by atoms with Crippen molar-refractivity contribution in [3.8, 4) is 0 Å². The molecular formula is C41H37AlO3. The van der Waals surface area contributed by atoms with Crippen LogP contribution < -0.4 is 0 Å². The summed E-state index contributed by atoms with van der Waals surface area (Å²) in [4.78, 5) is 0.